The number of nitrogens with zero attached hydrogens (tertiary/aromatic N) is 3. The van der Waals surface area contributed by atoms with Crippen molar-refractivity contribution in [2.75, 3.05) is 19.6 Å². The average Bonchev–Trinajstić information content (AvgIpc) is 3.51. The van der Waals surface area contributed by atoms with E-state index in [1.807, 2.05) is 17.9 Å². The van der Waals surface area contributed by atoms with Gasteiger partial charge in [0.1, 0.15) is 0 Å². The first-order valence-corrected chi connectivity index (χ1v) is 12.4. The SMILES string of the molecule is Cn1cc(CN2CCC3(CC2)CC(CC(=O)NCC2CC2)c2ccccc23)cn1.O=C(O)C(F)(F)F. The van der Waals surface area contributed by atoms with E-state index in [9.17, 15) is 18.0 Å². The van der Waals surface area contributed by atoms with Gasteiger partial charge >= 0.3 is 12.1 Å². The van der Waals surface area contributed by atoms with Gasteiger partial charge in [-0.3, -0.25) is 14.4 Å². The summed E-state index contributed by atoms with van der Waals surface area (Å²) in [7, 11) is 1.98. The van der Waals surface area contributed by atoms with Gasteiger partial charge in [-0.05, 0) is 73.6 Å². The van der Waals surface area contributed by atoms with Crippen molar-refractivity contribution in [2.45, 2.75) is 62.6 Å². The molecule has 1 saturated carbocycles. The van der Waals surface area contributed by atoms with Crippen LogP contribution in [0, 0.1) is 5.92 Å². The summed E-state index contributed by atoms with van der Waals surface area (Å²) in [5, 5.41) is 14.6. The van der Waals surface area contributed by atoms with Crippen LogP contribution >= 0.6 is 0 Å². The van der Waals surface area contributed by atoms with Crippen LogP contribution in [0.3, 0.4) is 0 Å². The molecule has 1 spiro atoms. The first-order valence-electron chi connectivity index (χ1n) is 12.4. The number of nitrogens with one attached hydrogen (secondary N) is 1. The molecule has 36 heavy (non-hydrogen) atoms. The van der Waals surface area contributed by atoms with Crippen LogP contribution in [0.1, 0.15) is 61.1 Å². The first-order chi connectivity index (χ1) is 17.1. The van der Waals surface area contributed by atoms with Crippen molar-refractivity contribution >= 4 is 11.9 Å². The Bertz CT molecular complexity index is 1070. The van der Waals surface area contributed by atoms with Gasteiger partial charge in [0.2, 0.25) is 5.91 Å². The largest absolute Gasteiger partial charge is 0.490 e. The number of aryl methyl sites for hydroxylation is 1. The fourth-order valence-electron chi connectivity index (χ4n) is 5.51. The molecule has 7 nitrogen and oxygen atoms in total. The molecule has 2 aliphatic carbocycles. The van der Waals surface area contributed by atoms with E-state index in [2.05, 4.69) is 45.8 Å². The highest BCUT2D eigenvalue weighted by atomic mass is 19.4. The Morgan fingerprint density at radius 2 is 1.86 bits per heavy atom. The Morgan fingerprint density at radius 3 is 2.44 bits per heavy atom. The number of carbonyl (C=O) groups is 2. The van der Waals surface area contributed by atoms with E-state index in [1.165, 1.54) is 42.4 Å². The molecule has 0 bridgehead atoms. The van der Waals surface area contributed by atoms with Gasteiger partial charge in [0, 0.05) is 38.3 Å². The Labute approximate surface area is 208 Å². The molecule has 2 heterocycles. The molecule has 1 aromatic heterocycles. The third-order valence-corrected chi connectivity index (χ3v) is 7.55. The molecule has 196 valence electrons. The van der Waals surface area contributed by atoms with Crippen LogP contribution in [0.15, 0.2) is 36.7 Å². The summed E-state index contributed by atoms with van der Waals surface area (Å²) in [6.07, 6.45) is 5.72. The summed E-state index contributed by atoms with van der Waals surface area (Å²) in [6.45, 7) is 4.09. The lowest BCUT2D eigenvalue weighted by Crippen LogP contribution is -2.41. The number of carboxylic acids is 1. The molecule has 5 rings (SSSR count). The van der Waals surface area contributed by atoms with Crippen molar-refractivity contribution in [3.63, 3.8) is 0 Å². The van der Waals surface area contributed by atoms with Gasteiger partial charge in [-0.1, -0.05) is 24.3 Å². The molecule has 1 aliphatic heterocycles. The minimum atomic E-state index is -5.08. The number of carbonyl (C=O) groups excluding carboxylic acids is 1. The summed E-state index contributed by atoms with van der Waals surface area (Å²) < 4.78 is 33.6. The molecule has 1 atom stereocenters. The zero-order valence-electron chi connectivity index (χ0n) is 20.4. The number of alkyl halides is 3. The second-order valence-electron chi connectivity index (χ2n) is 10.3. The summed E-state index contributed by atoms with van der Waals surface area (Å²) in [5.41, 5.74) is 4.49. The maximum absolute atomic E-state index is 12.5. The summed E-state index contributed by atoms with van der Waals surface area (Å²) in [6, 6.07) is 8.92. The molecule has 1 amide bonds. The van der Waals surface area contributed by atoms with Crippen molar-refractivity contribution in [2.24, 2.45) is 13.0 Å². The van der Waals surface area contributed by atoms with E-state index < -0.39 is 12.1 Å². The summed E-state index contributed by atoms with van der Waals surface area (Å²) >= 11 is 0. The van der Waals surface area contributed by atoms with E-state index in [1.54, 1.807) is 0 Å². The Hall–Kier alpha value is -2.88. The van der Waals surface area contributed by atoms with Crippen LogP contribution in [-0.4, -0.2) is 57.5 Å². The molecule has 2 aromatic rings. The third-order valence-electron chi connectivity index (χ3n) is 7.55. The van der Waals surface area contributed by atoms with Gasteiger partial charge < -0.3 is 10.4 Å². The standard InChI is InChI=1S/C24H32N4O.C2HF3O2/c1-27-16-19(15-26-27)17-28-10-8-24(9-11-28)13-20(21-4-2-3-5-22(21)24)12-23(29)25-14-18-6-7-18;3-2(4,5)1(6)7/h2-5,15-16,18,20H,6-14,17H2,1H3,(H,25,29);(H,6,7). The minimum absolute atomic E-state index is 0.239. The van der Waals surface area contributed by atoms with Crippen LogP contribution in [0.4, 0.5) is 13.2 Å². The number of likely N-dealkylation sites (tertiary alicyclic amines) is 1. The van der Waals surface area contributed by atoms with Crippen molar-refractivity contribution in [3.05, 3.63) is 53.3 Å². The summed E-state index contributed by atoms with van der Waals surface area (Å²) in [4.78, 5) is 24.0. The highest BCUT2D eigenvalue weighted by Gasteiger charge is 2.45. The third kappa shape index (κ3) is 6.46. The first kappa shape index (κ1) is 26.2. The number of hydrogen-bond donors (Lipinski definition) is 2. The molecule has 3 aliphatic rings. The highest BCUT2D eigenvalue weighted by molar-refractivity contribution is 5.77. The monoisotopic (exact) mass is 506 g/mol. The van der Waals surface area contributed by atoms with E-state index >= 15 is 0 Å². The van der Waals surface area contributed by atoms with E-state index in [0.717, 1.165) is 38.5 Å². The molecular weight excluding hydrogens is 473 g/mol. The van der Waals surface area contributed by atoms with Gasteiger partial charge in [0.05, 0.1) is 6.20 Å². The number of halogens is 3. The molecule has 1 saturated heterocycles. The number of aliphatic carboxylic acids is 1. The number of piperidine rings is 1. The van der Waals surface area contributed by atoms with Crippen LogP contribution in [0.5, 0.6) is 0 Å². The quantitative estimate of drug-likeness (QED) is 0.619. The van der Waals surface area contributed by atoms with Crippen molar-refractivity contribution in [1.29, 1.82) is 0 Å². The predicted octanol–water partition coefficient (Wildman–Crippen LogP) is 3.99. The number of rotatable bonds is 6. The lowest BCUT2D eigenvalue weighted by atomic mass is 9.73. The van der Waals surface area contributed by atoms with Crippen molar-refractivity contribution < 1.29 is 27.9 Å². The number of fused-ring (bicyclic) bond motifs is 2. The molecular formula is C26H33F3N4O3. The summed E-state index contributed by atoms with van der Waals surface area (Å²) in [5.74, 6) is -1.41. The molecule has 1 unspecified atom stereocenters. The van der Waals surface area contributed by atoms with Gasteiger partial charge in [0.15, 0.2) is 0 Å². The molecule has 2 fully saturated rings. The van der Waals surface area contributed by atoms with E-state index in [4.69, 9.17) is 9.90 Å². The van der Waals surface area contributed by atoms with Crippen LogP contribution in [-0.2, 0) is 28.6 Å². The molecule has 1 aromatic carbocycles. The fraction of sp³-hybridized carbons (Fsp3) is 0.577. The maximum atomic E-state index is 12.5. The molecule has 2 N–H and O–H groups in total. The average molecular weight is 507 g/mol. The van der Waals surface area contributed by atoms with Gasteiger partial charge in [0.25, 0.3) is 0 Å². The van der Waals surface area contributed by atoms with Gasteiger partial charge in [-0.25, -0.2) is 4.79 Å². The number of aromatic nitrogens is 2. The van der Waals surface area contributed by atoms with Crippen LogP contribution < -0.4 is 5.32 Å². The van der Waals surface area contributed by atoms with Crippen molar-refractivity contribution in [1.82, 2.24) is 20.0 Å². The zero-order chi connectivity index (χ0) is 25.9. The Morgan fingerprint density at radius 1 is 1.19 bits per heavy atom. The van der Waals surface area contributed by atoms with Crippen molar-refractivity contribution in [3.8, 4) is 0 Å². The molecule has 10 heteroatoms. The lowest BCUT2D eigenvalue weighted by Gasteiger charge is -2.40. The van der Waals surface area contributed by atoms with Gasteiger partial charge in [-0.2, -0.15) is 18.3 Å². The van der Waals surface area contributed by atoms with Crippen LogP contribution in [0.2, 0.25) is 0 Å². The number of benzene rings is 1. The number of carboxylic acid groups (broad SMARTS) is 1. The Kier molecular flexibility index (Phi) is 7.73. The molecule has 0 radical (unpaired) electrons. The normalized spacial score (nSPS) is 20.9. The van der Waals surface area contributed by atoms with E-state index in [0.29, 0.717) is 12.3 Å². The lowest BCUT2D eigenvalue weighted by molar-refractivity contribution is -0.192. The zero-order valence-corrected chi connectivity index (χ0v) is 20.4. The highest BCUT2D eigenvalue weighted by Crippen LogP contribution is 2.52. The number of hydrogen-bond acceptors (Lipinski definition) is 4. The van der Waals surface area contributed by atoms with Gasteiger partial charge in [-0.15, -0.1) is 0 Å². The van der Waals surface area contributed by atoms with Crippen LogP contribution in [0.25, 0.3) is 0 Å². The van der Waals surface area contributed by atoms with E-state index in [-0.39, 0.29) is 11.3 Å². The second-order valence-corrected chi connectivity index (χ2v) is 10.3. The Balaban J connectivity index is 0.000000384. The predicted molar refractivity (Wildman–Crippen MR) is 127 cm³/mol. The maximum Gasteiger partial charge on any atom is 0.490 e. The minimum Gasteiger partial charge on any atom is -0.475 e. The smallest absolute Gasteiger partial charge is 0.475 e. The topological polar surface area (TPSA) is 87.5 Å². The fourth-order valence-corrected chi connectivity index (χ4v) is 5.51. The second kappa shape index (κ2) is 10.6. The number of amides is 1.